The van der Waals surface area contributed by atoms with Crippen molar-refractivity contribution in [3.63, 3.8) is 0 Å². The highest BCUT2D eigenvalue weighted by Gasteiger charge is 2.25. The molecule has 6 nitrogen and oxygen atoms in total. The van der Waals surface area contributed by atoms with Crippen molar-refractivity contribution in [3.8, 4) is 0 Å². The van der Waals surface area contributed by atoms with E-state index in [0.717, 1.165) is 0 Å². The van der Waals surface area contributed by atoms with Gasteiger partial charge in [0, 0.05) is 39.3 Å². The van der Waals surface area contributed by atoms with Crippen molar-refractivity contribution >= 4 is 17.6 Å². The lowest BCUT2D eigenvalue weighted by Crippen LogP contribution is -2.48. The molecule has 0 bridgehead atoms. The summed E-state index contributed by atoms with van der Waals surface area (Å²) in [6.07, 6.45) is 2.34. The number of pyridine rings is 1. The Morgan fingerprint density at radius 2 is 2.30 bits per heavy atom. The standard InChI is InChI=1S/C13H17FN4O2/c1-15-12-11(14)9(5-6-16-12)13(20)17-8-3-4-10(19)18(2)7-8/h5-6,8H,3-4,7H2,1-2H3,(H,15,16)(H,17,20). The van der Waals surface area contributed by atoms with E-state index in [1.54, 1.807) is 11.9 Å². The summed E-state index contributed by atoms with van der Waals surface area (Å²) in [5.41, 5.74) is -0.0519. The van der Waals surface area contributed by atoms with Crippen LogP contribution in [0.5, 0.6) is 0 Å². The molecule has 0 aliphatic carbocycles. The van der Waals surface area contributed by atoms with Crippen LogP contribution in [0.1, 0.15) is 23.2 Å². The maximum atomic E-state index is 14.0. The Morgan fingerprint density at radius 3 is 2.95 bits per heavy atom. The summed E-state index contributed by atoms with van der Waals surface area (Å²) in [4.78, 5) is 28.8. The van der Waals surface area contributed by atoms with E-state index < -0.39 is 11.7 Å². The van der Waals surface area contributed by atoms with Crippen LogP contribution in [0.3, 0.4) is 0 Å². The summed E-state index contributed by atoms with van der Waals surface area (Å²) in [6.45, 7) is 0.441. The summed E-state index contributed by atoms with van der Waals surface area (Å²) < 4.78 is 14.0. The number of carbonyl (C=O) groups excluding carboxylic acids is 2. The number of amides is 2. The summed E-state index contributed by atoms with van der Waals surface area (Å²) in [6, 6.07) is 1.18. The average molecular weight is 280 g/mol. The van der Waals surface area contributed by atoms with Crippen LogP contribution in [-0.2, 0) is 4.79 Å². The topological polar surface area (TPSA) is 74.3 Å². The number of likely N-dealkylation sites (N-methyl/N-ethyl adjacent to an activating group) is 1. The van der Waals surface area contributed by atoms with Crippen LogP contribution >= 0.6 is 0 Å². The van der Waals surface area contributed by atoms with Gasteiger partial charge < -0.3 is 15.5 Å². The van der Waals surface area contributed by atoms with Gasteiger partial charge in [-0.1, -0.05) is 0 Å². The first-order chi connectivity index (χ1) is 9.52. The first kappa shape index (κ1) is 14.2. The van der Waals surface area contributed by atoms with Crippen LogP contribution in [0.25, 0.3) is 0 Å². The smallest absolute Gasteiger partial charge is 0.254 e. The molecule has 0 saturated carbocycles. The van der Waals surface area contributed by atoms with E-state index in [1.807, 2.05) is 0 Å². The van der Waals surface area contributed by atoms with Crippen LogP contribution in [0.15, 0.2) is 12.3 Å². The number of likely N-dealkylation sites (tertiary alicyclic amines) is 1. The zero-order chi connectivity index (χ0) is 14.7. The molecule has 2 heterocycles. The minimum Gasteiger partial charge on any atom is -0.371 e. The molecule has 2 amide bonds. The van der Waals surface area contributed by atoms with Gasteiger partial charge in [-0.3, -0.25) is 9.59 Å². The van der Waals surface area contributed by atoms with Crippen molar-refractivity contribution in [2.24, 2.45) is 0 Å². The molecule has 1 atom stereocenters. The van der Waals surface area contributed by atoms with Crippen LogP contribution < -0.4 is 10.6 Å². The Morgan fingerprint density at radius 1 is 1.55 bits per heavy atom. The third kappa shape index (κ3) is 2.87. The van der Waals surface area contributed by atoms with E-state index in [2.05, 4.69) is 15.6 Å². The summed E-state index contributed by atoms with van der Waals surface area (Å²) >= 11 is 0. The molecule has 1 aromatic rings. The minimum absolute atomic E-state index is 0.0357. The second-order valence-electron chi connectivity index (χ2n) is 4.75. The van der Waals surface area contributed by atoms with Crippen molar-refractivity contribution in [2.75, 3.05) is 26.0 Å². The molecule has 1 aromatic heterocycles. The van der Waals surface area contributed by atoms with E-state index in [9.17, 15) is 14.0 Å². The highest BCUT2D eigenvalue weighted by atomic mass is 19.1. The fourth-order valence-electron chi connectivity index (χ4n) is 2.19. The van der Waals surface area contributed by atoms with Crippen molar-refractivity contribution in [1.82, 2.24) is 15.2 Å². The second-order valence-corrected chi connectivity index (χ2v) is 4.75. The molecular formula is C13H17FN4O2. The van der Waals surface area contributed by atoms with Gasteiger partial charge >= 0.3 is 0 Å². The largest absolute Gasteiger partial charge is 0.371 e. The molecule has 0 radical (unpaired) electrons. The molecule has 1 aliphatic heterocycles. The number of nitrogens with zero attached hydrogens (tertiary/aromatic N) is 2. The Balaban J connectivity index is 2.07. The highest BCUT2D eigenvalue weighted by Crippen LogP contribution is 2.16. The molecule has 1 aliphatic rings. The molecule has 20 heavy (non-hydrogen) atoms. The van der Waals surface area contributed by atoms with Gasteiger partial charge in [0.1, 0.15) is 0 Å². The van der Waals surface area contributed by atoms with Gasteiger partial charge in [0.15, 0.2) is 11.6 Å². The average Bonchev–Trinajstić information content (AvgIpc) is 2.43. The van der Waals surface area contributed by atoms with Gasteiger partial charge in [-0.15, -0.1) is 0 Å². The Labute approximate surface area is 116 Å². The number of anilines is 1. The van der Waals surface area contributed by atoms with E-state index >= 15 is 0 Å². The molecule has 1 unspecified atom stereocenters. The Bertz CT molecular complexity index is 535. The van der Waals surface area contributed by atoms with E-state index in [-0.39, 0.29) is 23.3 Å². The van der Waals surface area contributed by atoms with Crippen LogP contribution in [0.2, 0.25) is 0 Å². The molecule has 0 spiro atoms. The normalized spacial score (nSPS) is 18.9. The second kappa shape index (κ2) is 5.85. The van der Waals surface area contributed by atoms with Gasteiger partial charge in [-0.25, -0.2) is 9.37 Å². The van der Waals surface area contributed by atoms with Crippen LogP contribution in [0.4, 0.5) is 10.2 Å². The molecular weight excluding hydrogens is 263 g/mol. The number of piperidine rings is 1. The van der Waals surface area contributed by atoms with Crippen molar-refractivity contribution in [1.29, 1.82) is 0 Å². The number of aromatic nitrogens is 1. The molecule has 2 N–H and O–H groups in total. The Hall–Kier alpha value is -2.18. The fourth-order valence-corrected chi connectivity index (χ4v) is 2.19. The SMILES string of the molecule is CNc1nccc(C(=O)NC2CCC(=O)N(C)C2)c1F. The number of rotatable bonds is 3. The van der Waals surface area contributed by atoms with Crippen LogP contribution in [0, 0.1) is 5.82 Å². The number of carbonyl (C=O) groups is 2. The zero-order valence-corrected chi connectivity index (χ0v) is 11.4. The van der Waals surface area contributed by atoms with Crippen molar-refractivity contribution in [2.45, 2.75) is 18.9 Å². The third-order valence-corrected chi connectivity index (χ3v) is 3.33. The summed E-state index contributed by atoms with van der Waals surface area (Å²) in [5.74, 6) is -1.07. The van der Waals surface area contributed by atoms with Gasteiger partial charge in [-0.2, -0.15) is 0 Å². The lowest BCUT2D eigenvalue weighted by Gasteiger charge is -2.30. The van der Waals surface area contributed by atoms with Gasteiger partial charge in [0.25, 0.3) is 5.91 Å². The van der Waals surface area contributed by atoms with E-state index in [4.69, 9.17) is 0 Å². The van der Waals surface area contributed by atoms with Gasteiger partial charge in [0.2, 0.25) is 5.91 Å². The number of hydrogen-bond acceptors (Lipinski definition) is 4. The summed E-state index contributed by atoms with van der Waals surface area (Å²) in [7, 11) is 3.22. The van der Waals surface area contributed by atoms with E-state index in [0.29, 0.717) is 19.4 Å². The predicted octanol–water partition coefficient (Wildman–Crippen LogP) is 0.613. The zero-order valence-electron chi connectivity index (χ0n) is 11.4. The quantitative estimate of drug-likeness (QED) is 0.851. The molecule has 2 rings (SSSR count). The molecule has 1 fully saturated rings. The van der Waals surface area contributed by atoms with E-state index in [1.165, 1.54) is 19.3 Å². The minimum atomic E-state index is -0.673. The first-order valence-corrected chi connectivity index (χ1v) is 6.40. The monoisotopic (exact) mass is 280 g/mol. The van der Waals surface area contributed by atoms with Gasteiger partial charge in [-0.05, 0) is 12.5 Å². The lowest BCUT2D eigenvalue weighted by molar-refractivity contribution is -0.132. The van der Waals surface area contributed by atoms with Gasteiger partial charge in [0.05, 0.1) is 5.56 Å². The number of nitrogens with one attached hydrogen (secondary N) is 2. The molecule has 0 aromatic carbocycles. The molecule has 108 valence electrons. The van der Waals surface area contributed by atoms with Crippen LogP contribution in [-0.4, -0.2) is 48.4 Å². The molecule has 7 heteroatoms. The highest BCUT2D eigenvalue weighted by molar-refractivity contribution is 5.95. The third-order valence-electron chi connectivity index (χ3n) is 3.33. The number of hydrogen-bond donors (Lipinski definition) is 2. The number of halogens is 1. The summed E-state index contributed by atoms with van der Waals surface area (Å²) in [5, 5.41) is 5.34. The first-order valence-electron chi connectivity index (χ1n) is 6.40. The maximum Gasteiger partial charge on any atom is 0.254 e. The molecule has 1 saturated heterocycles. The Kier molecular flexibility index (Phi) is 4.16. The van der Waals surface area contributed by atoms with Crippen molar-refractivity contribution < 1.29 is 14.0 Å². The maximum absolute atomic E-state index is 14.0. The fraction of sp³-hybridized carbons (Fsp3) is 0.462. The predicted molar refractivity (Wildman–Crippen MR) is 71.9 cm³/mol. The van der Waals surface area contributed by atoms with Crippen molar-refractivity contribution in [3.05, 3.63) is 23.6 Å². The lowest BCUT2D eigenvalue weighted by atomic mass is 10.1.